The molecule has 4 N–H and O–H groups in total. The van der Waals surface area contributed by atoms with Crippen LogP contribution in [0.4, 0.5) is 15.9 Å². The van der Waals surface area contributed by atoms with Crippen molar-refractivity contribution >= 4 is 50.9 Å². The van der Waals surface area contributed by atoms with Crippen LogP contribution in [0.5, 0.6) is 5.75 Å². The number of halogens is 2. The molecule has 0 aliphatic heterocycles. The molecule has 2 heterocycles. The predicted molar refractivity (Wildman–Crippen MR) is 146 cm³/mol. The lowest BCUT2D eigenvalue weighted by atomic mass is 10.1. The first kappa shape index (κ1) is 26.1. The molecule has 2 aromatic carbocycles. The van der Waals surface area contributed by atoms with Crippen LogP contribution in [-0.2, 0) is 11.8 Å². The number of carbonyl (C=O) groups excluding carboxylic acids is 1. The molecule has 0 saturated heterocycles. The van der Waals surface area contributed by atoms with Crippen molar-refractivity contribution in [1.82, 2.24) is 14.1 Å². The van der Waals surface area contributed by atoms with Crippen LogP contribution in [0, 0.1) is 16.3 Å². The van der Waals surface area contributed by atoms with E-state index in [1.165, 1.54) is 50.6 Å². The minimum Gasteiger partial charge on any atom is -0.478 e. The van der Waals surface area contributed by atoms with E-state index in [1.54, 1.807) is 24.3 Å². The normalized spacial score (nSPS) is 11.5. The zero-order chi connectivity index (χ0) is 27.2. The van der Waals surface area contributed by atoms with E-state index in [0.29, 0.717) is 3.57 Å². The summed E-state index contributed by atoms with van der Waals surface area (Å²) in [6, 6.07) is 10.7. The fourth-order valence-electron chi connectivity index (χ4n) is 3.88. The second-order valence-electron chi connectivity index (χ2n) is 8.88. The number of benzene rings is 2. The average Bonchev–Trinajstić information content (AvgIpc) is 2.81. The Bertz CT molecular complexity index is 1760. The number of aromatic amines is 1. The average molecular weight is 619 g/mol. The summed E-state index contributed by atoms with van der Waals surface area (Å²) in [7, 11) is 1.44. The van der Waals surface area contributed by atoms with Crippen molar-refractivity contribution in [3.05, 3.63) is 88.6 Å². The van der Waals surface area contributed by atoms with Crippen LogP contribution in [0.2, 0.25) is 0 Å². The van der Waals surface area contributed by atoms with E-state index in [0.717, 1.165) is 4.57 Å². The van der Waals surface area contributed by atoms with E-state index < -0.39 is 34.1 Å². The number of ether oxygens (including phenoxy) is 1. The van der Waals surface area contributed by atoms with Gasteiger partial charge in [0.2, 0.25) is 0 Å². The van der Waals surface area contributed by atoms with Crippen LogP contribution in [0.1, 0.15) is 19.4 Å². The van der Waals surface area contributed by atoms with Gasteiger partial charge < -0.3 is 15.8 Å². The number of aryl methyl sites for hydroxylation is 1. The number of rotatable bonds is 6. The molecular formula is C25H23FIN5O5. The third-order valence-electron chi connectivity index (χ3n) is 5.89. The van der Waals surface area contributed by atoms with Gasteiger partial charge in [-0.25, -0.2) is 9.18 Å². The van der Waals surface area contributed by atoms with Gasteiger partial charge in [-0.15, -0.1) is 0 Å². The fraction of sp³-hybridized carbons (Fsp3) is 0.200. The number of anilines is 2. The highest BCUT2D eigenvalue weighted by atomic mass is 127. The first-order valence-electron chi connectivity index (χ1n) is 11.0. The molecule has 12 heteroatoms. The number of hydrogen-bond donors (Lipinski definition) is 3. The lowest BCUT2D eigenvalue weighted by Crippen LogP contribution is -2.43. The topological polar surface area (TPSA) is 141 Å². The third-order valence-corrected chi connectivity index (χ3v) is 6.56. The van der Waals surface area contributed by atoms with Crippen LogP contribution >= 0.6 is 22.6 Å². The minimum absolute atomic E-state index is 0.00275. The van der Waals surface area contributed by atoms with Crippen molar-refractivity contribution in [2.45, 2.75) is 26.4 Å². The molecule has 0 bridgehead atoms. The van der Waals surface area contributed by atoms with Crippen LogP contribution in [0.25, 0.3) is 16.6 Å². The number of nitrogens with one attached hydrogen (secondary N) is 2. The van der Waals surface area contributed by atoms with Crippen molar-refractivity contribution in [2.75, 3.05) is 5.32 Å². The van der Waals surface area contributed by atoms with Gasteiger partial charge >= 0.3 is 5.69 Å². The Morgan fingerprint density at radius 2 is 1.86 bits per heavy atom. The maximum Gasteiger partial charge on any atom is 0.333 e. The Labute approximate surface area is 223 Å². The van der Waals surface area contributed by atoms with Crippen molar-refractivity contribution in [2.24, 2.45) is 12.8 Å². The van der Waals surface area contributed by atoms with Gasteiger partial charge in [0.25, 0.3) is 17.0 Å². The summed E-state index contributed by atoms with van der Waals surface area (Å²) in [6.45, 7) is 4.49. The summed E-state index contributed by atoms with van der Waals surface area (Å²) in [5.41, 5.74) is 2.47. The molecule has 0 aliphatic rings. The highest BCUT2D eigenvalue weighted by Gasteiger charge is 2.27. The molecule has 0 radical (unpaired) electrons. The fourth-order valence-corrected chi connectivity index (χ4v) is 4.33. The monoisotopic (exact) mass is 619 g/mol. The number of H-pyrrole nitrogens is 1. The molecule has 0 atom stereocenters. The van der Waals surface area contributed by atoms with Gasteiger partial charge in [-0.2, -0.15) is 0 Å². The first-order valence-corrected chi connectivity index (χ1v) is 12.1. The first-order chi connectivity index (χ1) is 17.3. The molecule has 37 heavy (non-hydrogen) atoms. The molecule has 0 unspecified atom stereocenters. The van der Waals surface area contributed by atoms with Gasteiger partial charge in [0, 0.05) is 22.2 Å². The smallest absolute Gasteiger partial charge is 0.333 e. The van der Waals surface area contributed by atoms with E-state index in [1.807, 2.05) is 22.6 Å². The number of hydrogen-bond acceptors (Lipinski definition) is 6. The SMILES string of the molecule is Cc1c(=O)n(C)c(Nc2ccc(I)cc2F)c2c(=O)[nH]c(=O)n(-c3cccc(OC(C)(C)C(N)=O)c3)c12. The van der Waals surface area contributed by atoms with E-state index in [9.17, 15) is 23.6 Å². The number of nitrogens with zero attached hydrogens (tertiary/aromatic N) is 2. The number of fused-ring (bicyclic) bond motifs is 1. The standard InChI is InChI=1S/C25H23FIN5O5/c1-12-19-18(20(31(4)22(12)34)29-17-9-8-13(27)10-16(17)26)21(33)30-24(36)32(19)14-6-5-7-15(11-14)37-25(2,3)23(28)35/h5-11,29H,1-4H3,(H2,28,35)(H,30,33,36). The maximum absolute atomic E-state index is 14.7. The molecule has 10 nitrogen and oxygen atoms in total. The summed E-state index contributed by atoms with van der Waals surface area (Å²) in [5, 5.41) is 2.82. The Morgan fingerprint density at radius 3 is 2.51 bits per heavy atom. The van der Waals surface area contributed by atoms with E-state index in [-0.39, 0.29) is 39.4 Å². The van der Waals surface area contributed by atoms with Crippen molar-refractivity contribution in [3.8, 4) is 11.4 Å². The lowest BCUT2D eigenvalue weighted by molar-refractivity contribution is -0.130. The molecular weight excluding hydrogens is 596 g/mol. The lowest BCUT2D eigenvalue weighted by Gasteiger charge is -2.23. The summed E-state index contributed by atoms with van der Waals surface area (Å²) < 4.78 is 23.4. The number of pyridine rings is 1. The van der Waals surface area contributed by atoms with Gasteiger partial charge in [-0.3, -0.25) is 28.5 Å². The highest BCUT2D eigenvalue weighted by molar-refractivity contribution is 14.1. The van der Waals surface area contributed by atoms with Gasteiger partial charge in [0.05, 0.1) is 16.9 Å². The molecule has 2 aromatic heterocycles. The van der Waals surface area contributed by atoms with E-state index in [2.05, 4.69) is 10.3 Å². The third kappa shape index (κ3) is 4.75. The number of aromatic nitrogens is 3. The Hall–Kier alpha value is -3.94. The Balaban J connectivity index is 2.02. The van der Waals surface area contributed by atoms with Crippen molar-refractivity contribution < 1.29 is 13.9 Å². The predicted octanol–water partition coefficient (Wildman–Crippen LogP) is 2.82. The van der Waals surface area contributed by atoms with E-state index in [4.69, 9.17) is 10.5 Å². The quantitative estimate of drug-likeness (QED) is 0.284. The zero-order valence-corrected chi connectivity index (χ0v) is 22.5. The number of carbonyl (C=O) groups is 1. The van der Waals surface area contributed by atoms with Crippen LogP contribution in [0.3, 0.4) is 0 Å². The summed E-state index contributed by atoms with van der Waals surface area (Å²) in [5.74, 6) is -1.04. The molecule has 0 aliphatic carbocycles. The van der Waals surface area contributed by atoms with Gasteiger partial charge in [-0.05, 0) is 73.7 Å². The molecule has 4 aromatic rings. The minimum atomic E-state index is -1.34. The molecule has 0 saturated carbocycles. The number of primary amides is 1. The highest BCUT2D eigenvalue weighted by Crippen LogP contribution is 2.28. The Kier molecular flexibility index (Phi) is 6.71. The van der Waals surface area contributed by atoms with E-state index >= 15 is 0 Å². The van der Waals surface area contributed by atoms with Crippen LogP contribution in [-0.4, -0.2) is 25.6 Å². The summed E-state index contributed by atoms with van der Waals surface area (Å²) in [4.78, 5) is 53.3. The second kappa shape index (κ2) is 9.50. The largest absolute Gasteiger partial charge is 0.478 e. The number of nitrogens with two attached hydrogens (primary N) is 1. The molecule has 192 valence electrons. The van der Waals surface area contributed by atoms with Crippen LogP contribution < -0.4 is 32.6 Å². The van der Waals surface area contributed by atoms with Gasteiger partial charge in [0.15, 0.2) is 5.60 Å². The number of amides is 1. The van der Waals surface area contributed by atoms with Gasteiger partial charge in [-0.1, -0.05) is 6.07 Å². The molecule has 4 rings (SSSR count). The Morgan fingerprint density at radius 1 is 1.16 bits per heavy atom. The molecule has 0 fully saturated rings. The summed E-state index contributed by atoms with van der Waals surface area (Å²) >= 11 is 1.97. The van der Waals surface area contributed by atoms with Crippen molar-refractivity contribution in [1.29, 1.82) is 0 Å². The van der Waals surface area contributed by atoms with Gasteiger partial charge in [0.1, 0.15) is 22.8 Å². The maximum atomic E-state index is 14.7. The van der Waals surface area contributed by atoms with Crippen molar-refractivity contribution in [3.63, 3.8) is 0 Å². The zero-order valence-electron chi connectivity index (χ0n) is 20.3. The van der Waals surface area contributed by atoms with Crippen LogP contribution in [0.15, 0.2) is 56.8 Å². The summed E-state index contributed by atoms with van der Waals surface area (Å²) in [6.07, 6.45) is 0. The molecule has 1 amide bonds. The second-order valence-corrected chi connectivity index (χ2v) is 10.1. The molecule has 0 spiro atoms.